The highest BCUT2D eigenvalue weighted by atomic mass is 35.7. The van der Waals surface area contributed by atoms with Crippen molar-refractivity contribution in [2.75, 3.05) is 0 Å². The molecule has 0 saturated carbocycles. The normalized spacial score (nSPS) is 10.6. The molecular weight excluding hydrogens is 242 g/mol. The molecule has 0 nitrogen and oxygen atoms in total. The second kappa shape index (κ2) is 4.01. The average molecular weight is 245 g/mol. The van der Waals surface area contributed by atoms with Crippen LogP contribution in [0.2, 0.25) is 10.0 Å². The molecule has 1 aromatic rings. The van der Waals surface area contributed by atoms with Gasteiger partial charge in [-0.1, -0.05) is 35.3 Å². The van der Waals surface area contributed by atoms with Crippen LogP contribution >= 0.6 is 45.4 Å². The van der Waals surface area contributed by atoms with Crippen molar-refractivity contribution in [3.8, 4) is 0 Å². The van der Waals surface area contributed by atoms with Crippen LogP contribution in [0, 0.1) is 0 Å². The Morgan fingerprint density at radius 1 is 1.09 bits per heavy atom. The van der Waals surface area contributed by atoms with Crippen LogP contribution in [-0.2, 0) is 0 Å². The third kappa shape index (κ3) is 2.26. The van der Waals surface area contributed by atoms with Crippen LogP contribution in [-0.4, -0.2) is 7.42 Å². The Hall–Kier alpha value is 0.597. The zero-order chi connectivity index (χ0) is 8.43. The Balaban J connectivity index is 3.17. The molecule has 0 atom stereocenters. The third-order valence-corrected chi connectivity index (χ3v) is 4.18. The number of rotatable bonds is 1. The Morgan fingerprint density at radius 3 is 2.18 bits per heavy atom. The maximum Gasteiger partial charge on any atom is 0.308 e. The fourth-order valence-corrected chi connectivity index (χ4v) is 3.07. The molecule has 0 bridgehead atoms. The van der Waals surface area contributed by atoms with Gasteiger partial charge in [-0.3, -0.25) is 0 Å². The molecule has 0 N–H and O–H groups in total. The van der Waals surface area contributed by atoms with Gasteiger partial charge < -0.3 is 0 Å². The van der Waals surface area contributed by atoms with Gasteiger partial charge in [0.2, 0.25) is 0 Å². The summed E-state index contributed by atoms with van der Waals surface area (Å²) in [4.78, 5) is 0. The predicted octanol–water partition coefficient (Wildman–Crippen LogP) is 3.17. The van der Waals surface area contributed by atoms with Crippen LogP contribution < -0.4 is 5.19 Å². The standard InChI is InChI=1S/C6H3Cl4Si/c7-4-2-1-3-5(6(4)8)11(9)10/h1-3H. The second-order valence-corrected chi connectivity index (χ2v) is 6.55. The van der Waals surface area contributed by atoms with Gasteiger partial charge in [0.05, 0.1) is 10.0 Å². The fraction of sp³-hybridized carbons (Fsp3) is 0. The zero-order valence-corrected chi connectivity index (χ0v) is 9.27. The Kier molecular flexibility index (Phi) is 3.53. The van der Waals surface area contributed by atoms with Crippen molar-refractivity contribution in [1.29, 1.82) is 0 Å². The van der Waals surface area contributed by atoms with Gasteiger partial charge in [-0.25, -0.2) is 0 Å². The van der Waals surface area contributed by atoms with E-state index in [2.05, 4.69) is 0 Å². The van der Waals surface area contributed by atoms with Crippen molar-refractivity contribution in [2.45, 2.75) is 0 Å². The summed E-state index contributed by atoms with van der Waals surface area (Å²) in [5.41, 5.74) is 0. The predicted molar refractivity (Wildman–Crippen MR) is 53.6 cm³/mol. The highest BCUT2D eigenvalue weighted by Crippen LogP contribution is 2.20. The molecule has 0 unspecified atom stereocenters. The minimum Gasteiger partial charge on any atom is -0.140 e. The molecule has 0 saturated heterocycles. The van der Waals surface area contributed by atoms with Crippen LogP contribution in [0.25, 0.3) is 0 Å². The van der Waals surface area contributed by atoms with E-state index in [4.69, 9.17) is 45.4 Å². The maximum absolute atomic E-state index is 5.81. The van der Waals surface area contributed by atoms with Gasteiger partial charge in [-0.2, -0.15) is 0 Å². The van der Waals surface area contributed by atoms with E-state index in [1.54, 1.807) is 18.2 Å². The monoisotopic (exact) mass is 243 g/mol. The van der Waals surface area contributed by atoms with E-state index >= 15 is 0 Å². The van der Waals surface area contributed by atoms with Gasteiger partial charge in [-0.15, -0.1) is 22.2 Å². The molecule has 1 rings (SSSR count). The minimum atomic E-state index is -1.54. The summed E-state index contributed by atoms with van der Waals surface area (Å²) in [5.74, 6) is 0. The van der Waals surface area contributed by atoms with Crippen molar-refractivity contribution in [3.05, 3.63) is 28.2 Å². The fourth-order valence-electron chi connectivity index (χ4n) is 0.650. The highest BCUT2D eigenvalue weighted by molar-refractivity contribution is 7.39. The van der Waals surface area contributed by atoms with Gasteiger partial charge in [-0.05, 0) is 11.3 Å². The smallest absolute Gasteiger partial charge is 0.140 e. The SMILES string of the molecule is Clc1cccc([Si](Cl)Cl)c1Cl. The molecule has 0 spiro atoms. The number of hydrogen-bond acceptors (Lipinski definition) is 0. The first-order valence-corrected chi connectivity index (χ1v) is 7.03. The summed E-state index contributed by atoms with van der Waals surface area (Å²) in [6, 6.07) is 5.26. The molecule has 11 heavy (non-hydrogen) atoms. The second-order valence-electron chi connectivity index (χ2n) is 1.86. The van der Waals surface area contributed by atoms with E-state index in [0.717, 1.165) is 5.19 Å². The third-order valence-electron chi connectivity index (χ3n) is 1.16. The van der Waals surface area contributed by atoms with Crippen LogP contribution in [0.15, 0.2) is 18.2 Å². The van der Waals surface area contributed by atoms with Crippen molar-refractivity contribution in [3.63, 3.8) is 0 Å². The molecule has 0 fully saturated rings. The summed E-state index contributed by atoms with van der Waals surface area (Å²) in [6.07, 6.45) is 0. The Labute approximate surface area is 86.0 Å². The summed E-state index contributed by atoms with van der Waals surface area (Å²) in [5, 5.41) is 1.70. The lowest BCUT2D eigenvalue weighted by Crippen LogP contribution is -2.19. The number of halogens is 4. The van der Waals surface area contributed by atoms with E-state index in [0.29, 0.717) is 10.0 Å². The van der Waals surface area contributed by atoms with Crippen LogP contribution in [0.3, 0.4) is 0 Å². The van der Waals surface area contributed by atoms with Crippen molar-refractivity contribution >= 4 is 58.0 Å². The lowest BCUT2D eigenvalue weighted by molar-refractivity contribution is 1.76. The summed E-state index contributed by atoms with van der Waals surface area (Å²) < 4.78 is 0. The van der Waals surface area contributed by atoms with Gasteiger partial charge in [0.15, 0.2) is 0 Å². The summed E-state index contributed by atoms with van der Waals surface area (Å²) in [7, 11) is -1.54. The van der Waals surface area contributed by atoms with Gasteiger partial charge in [0, 0.05) is 0 Å². The van der Waals surface area contributed by atoms with Crippen LogP contribution in [0.4, 0.5) is 0 Å². The van der Waals surface area contributed by atoms with Crippen molar-refractivity contribution in [2.24, 2.45) is 0 Å². The van der Waals surface area contributed by atoms with Crippen molar-refractivity contribution < 1.29 is 0 Å². The Morgan fingerprint density at radius 2 is 1.73 bits per heavy atom. The van der Waals surface area contributed by atoms with Gasteiger partial charge in [0.25, 0.3) is 0 Å². The molecule has 0 aromatic heterocycles. The first-order chi connectivity index (χ1) is 5.13. The zero-order valence-electron chi connectivity index (χ0n) is 5.24. The number of hydrogen-bond donors (Lipinski definition) is 0. The lowest BCUT2D eigenvalue weighted by Gasteiger charge is -2.02. The van der Waals surface area contributed by atoms with E-state index in [9.17, 15) is 0 Å². The topological polar surface area (TPSA) is 0 Å². The largest absolute Gasteiger partial charge is 0.308 e. The van der Waals surface area contributed by atoms with Crippen LogP contribution in [0.5, 0.6) is 0 Å². The molecule has 0 amide bonds. The molecule has 0 heterocycles. The molecule has 0 aliphatic carbocycles. The molecule has 1 aromatic carbocycles. The molecule has 59 valence electrons. The summed E-state index contributed by atoms with van der Waals surface area (Å²) >= 11 is 22.9. The van der Waals surface area contributed by atoms with Crippen molar-refractivity contribution in [1.82, 2.24) is 0 Å². The highest BCUT2D eigenvalue weighted by Gasteiger charge is 2.13. The van der Waals surface area contributed by atoms with E-state index < -0.39 is 7.42 Å². The molecule has 0 aliphatic rings. The molecule has 0 aliphatic heterocycles. The number of benzene rings is 1. The summed E-state index contributed by atoms with van der Waals surface area (Å²) in [6.45, 7) is 0. The minimum absolute atomic E-state index is 0.466. The van der Waals surface area contributed by atoms with Crippen LogP contribution in [0.1, 0.15) is 0 Å². The van der Waals surface area contributed by atoms with E-state index in [-0.39, 0.29) is 0 Å². The lowest BCUT2D eigenvalue weighted by atomic mass is 10.4. The van der Waals surface area contributed by atoms with Gasteiger partial charge in [0.1, 0.15) is 0 Å². The molecular formula is C6H3Cl4Si. The average Bonchev–Trinajstić information content (AvgIpc) is 1.94. The quantitative estimate of drug-likeness (QED) is 0.526. The Bertz CT molecular complexity index is 261. The van der Waals surface area contributed by atoms with Gasteiger partial charge >= 0.3 is 7.42 Å². The molecule has 5 heteroatoms. The van der Waals surface area contributed by atoms with E-state index in [1.807, 2.05) is 0 Å². The molecule has 1 radical (unpaired) electrons. The van der Waals surface area contributed by atoms with E-state index in [1.165, 1.54) is 0 Å². The first-order valence-electron chi connectivity index (χ1n) is 2.75. The maximum atomic E-state index is 5.81. The first kappa shape index (κ1) is 9.68.